The maximum absolute atomic E-state index is 12.4. The molecule has 56 heavy (non-hydrogen) atoms. The number of aromatic amines is 2. The minimum Gasteiger partial charge on any atom is -0.497 e. The van der Waals surface area contributed by atoms with E-state index in [2.05, 4.69) is 49.8 Å². The van der Waals surface area contributed by atoms with Gasteiger partial charge in [0.1, 0.15) is 35.2 Å². The van der Waals surface area contributed by atoms with E-state index in [-0.39, 0.29) is 11.4 Å². The van der Waals surface area contributed by atoms with Crippen LogP contribution in [0.15, 0.2) is 120 Å². The fourth-order valence-electron chi connectivity index (χ4n) is 6.30. The number of pyridine rings is 2. The van der Waals surface area contributed by atoms with Crippen LogP contribution in [0.1, 0.15) is 11.1 Å². The molecule has 0 aliphatic heterocycles. The molecule has 10 aromatic rings. The van der Waals surface area contributed by atoms with Crippen molar-refractivity contribution < 1.29 is 9.47 Å². The molecule has 0 bridgehead atoms. The molecule has 0 saturated heterocycles. The number of nitrogens with zero attached hydrogens (tertiary/aromatic N) is 12. The zero-order chi connectivity index (χ0) is 38.2. The molecule has 0 radical (unpaired) electrons. The maximum Gasteiger partial charge on any atom is 0.328 e. The first-order valence-electron chi connectivity index (χ1n) is 17.2. The smallest absolute Gasteiger partial charge is 0.328 e. The molecule has 8 heterocycles. The first kappa shape index (κ1) is 33.8. The highest BCUT2D eigenvalue weighted by Crippen LogP contribution is 2.24. The second-order valence-electron chi connectivity index (χ2n) is 12.5. The van der Waals surface area contributed by atoms with Crippen LogP contribution in [0.4, 0.5) is 0 Å². The Morgan fingerprint density at radius 2 is 1.12 bits per heavy atom. The number of nitrogens with one attached hydrogen (secondary N) is 2. The standard InChI is InChI=1S/2C19H15N7O2/c1-28-13-4-5-16-14(7-13)22-11-26(16)18-21-9-15-17(24-18)25(19(27)23-15)10-12-3-2-6-20-8-12;1-28-13-4-5-14-16(7-13)26(11-22-14)18-21-9-15-17(24-18)25(19(27)23-15)10-12-3-2-6-20-8-12/h2*2-9,11H,10H2,1H3,(H,23,27). The summed E-state index contributed by atoms with van der Waals surface area (Å²) in [5, 5.41) is 0. The monoisotopic (exact) mass is 746 g/mol. The highest BCUT2D eigenvalue weighted by Gasteiger charge is 2.16. The van der Waals surface area contributed by atoms with Crippen LogP contribution < -0.4 is 20.9 Å². The number of hydrogen-bond acceptors (Lipinski definition) is 12. The number of imidazole rings is 4. The van der Waals surface area contributed by atoms with Gasteiger partial charge in [-0.25, -0.2) is 29.5 Å². The van der Waals surface area contributed by atoms with Gasteiger partial charge < -0.3 is 19.4 Å². The molecule has 2 N–H and O–H groups in total. The lowest BCUT2D eigenvalue weighted by Crippen LogP contribution is -2.18. The molecule has 0 saturated carbocycles. The van der Waals surface area contributed by atoms with Gasteiger partial charge in [-0.3, -0.25) is 28.2 Å². The Hall–Kier alpha value is -8.02. The molecule has 18 heteroatoms. The van der Waals surface area contributed by atoms with Gasteiger partial charge in [-0.15, -0.1) is 0 Å². The van der Waals surface area contributed by atoms with Crippen LogP contribution in [0.25, 0.3) is 56.3 Å². The van der Waals surface area contributed by atoms with E-state index in [1.54, 1.807) is 82.3 Å². The Labute approximate surface area is 314 Å². The van der Waals surface area contributed by atoms with Gasteiger partial charge in [0.25, 0.3) is 0 Å². The Kier molecular flexibility index (Phi) is 8.50. The van der Waals surface area contributed by atoms with Crippen molar-refractivity contribution in [3.05, 3.63) is 143 Å². The molecule has 18 nitrogen and oxygen atoms in total. The predicted octanol–water partition coefficient (Wildman–Crippen LogP) is 3.82. The molecule has 8 aromatic heterocycles. The summed E-state index contributed by atoms with van der Waals surface area (Å²) < 4.78 is 17.2. The Balaban J connectivity index is 0.000000146. The van der Waals surface area contributed by atoms with E-state index in [1.165, 1.54) is 0 Å². The van der Waals surface area contributed by atoms with Gasteiger partial charge in [0.2, 0.25) is 11.9 Å². The average molecular weight is 747 g/mol. The van der Waals surface area contributed by atoms with Crippen LogP contribution >= 0.6 is 0 Å². The number of H-pyrrole nitrogens is 2. The van der Waals surface area contributed by atoms with Crippen molar-refractivity contribution >= 4 is 44.4 Å². The molecule has 276 valence electrons. The number of methoxy groups -OCH3 is 2. The largest absolute Gasteiger partial charge is 0.497 e. The third kappa shape index (κ3) is 6.25. The molecular weight excluding hydrogens is 717 g/mol. The first-order valence-corrected chi connectivity index (χ1v) is 17.2. The van der Waals surface area contributed by atoms with E-state index >= 15 is 0 Å². The van der Waals surface area contributed by atoms with Crippen molar-refractivity contribution in [2.45, 2.75) is 13.1 Å². The van der Waals surface area contributed by atoms with Crippen molar-refractivity contribution in [3.63, 3.8) is 0 Å². The van der Waals surface area contributed by atoms with Gasteiger partial charge in [-0.2, -0.15) is 9.97 Å². The van der Waals surface area contributed by atoms with E-state index in [4.69, 9.17) is 9.47 Å². The summed E-state index contributed by atoms with van der Waals surface area (Å²) >= 11 is 0. The minimum atomic E-state index is -0.248. The first-order chi connectivity index (χ1) is 27.4. The molecule has 0 spiro atoms. The van der Waals surface area contributed by atoms with Gasteiger partial charge in [0.05, 0.1) is 61.8 Å². The maximum atomic E-state index is 12.4. The van der Waals surface area contributed by atoms with Gasteiger partial charge >= 0.3 is 11.4 Å². The number of benzene rings is 2. The molecule has 0 aliphatic rings. The highest BCUT2D eigenvalue weighted by molar-refractivity contribution is 5.80. The molecular formula is C38H30N14O4. The summed E-state index contributed by atoms with van der Waals surface area (Å²) in [5.74, 6) is 2.29. The van der Waals surface area contributed by atoms with Crippen molar-refractivity contribution in [1.82, 2.24) is 68.1 Å². The molecule has 10 rings (SSSR count). The summed E-state index contributed by atoms with van der Waals surface area (Å²) in [7, 11) is 3.23. The van der Waals surface area contributed by atoms with Crippen LogP contribution in [-0.2, 0) is 13.1 Å². The molecule has 0 fully saturated rings. The van der Waals surface area contributed by atoms with Gasteiger partial charge in [0.15, 0.2) is 11.3 Å². The summed E-state index contributed by atoms with van der Waals surface area (Å²) in [6.45, 7) is 0.729. The van der Waals surface area contributed by atoms with Crippen molar-refractivity contribution in [1.29, 1.82) is 0 Å². The predicted molar refractivity (Wildman–Crippen MR) is 205 cm³/mol. The van der Waals surface area contributed by atoms with Crippen molar-refractivity contribution in [3.8, 4) is 23.4 Å². The average Bonchev–Trinajstić information content (AvgIpc) is 4.01. The topological polar surface area (TPSA) is 207 Å². The van der Waals surface area contributed by atoms with E-state index in [0.717, 1.165) is 38.9 Å². The fourth-order valence-corrected chi connectivity index (χ4v) is 6.30. The van der Waals surface area contributed by atoms with Crippen LogP contribution in [-0.4, -0.2) is 82.3 Å². The summed E-state index contributed by atoms with van der Waals surface area (Å²) in [5.41, 5.74) is 6.73. The zero-order valence-corrected chi connectivity index (χ0v) is 29.8. The summed E-state index contributed by atoms with van der Waals surface area (Å²) in [6, 6.07) is 18.7. The molecule has 0 aliphatic carbocycles. The quantitative estimate of drug-likeness (QED) is 0.228. The van der Waals surface area contributed by atoms with Crippen LogP contribution in [0, 0.1) is 0 Å². The fraction of sp³-hybridized carbons (Fsp3) is 0.105. The van der Waals surface area contributed by atoms with E-state index < -0.39 is 0 Å². The second kappa shape index (κ2) is 14.1. The highest BCUT2D eigenvalue weighted by atomic mass is 16.5. The van der Waals surface area contributed by atoms with E-state index in [9.17, 15) is 9.59 Å². The molecule has 0 unspecified atom stereocenters. The zero-order valence-electron chi connectivity index (χ0n) is 29.8. The van der Waals surface area contributed by atoms with Crippen LogP contribution in [0.2, 0.25) is 0 Å². The van der Waals surface area contributed by atoms with Crippen molar-refractivity contribution in [2.75, 3.05) is 14.2 Å². The van der Waals surface area contributed by atoms with E-state index in [0.29, 0.717) is 53.1 Å². The third-order valence-electron chi connectivity index (χ3n) is 9.06. The van der Waals surface area contributed by atoms with Gasteiger partial charge in [0, 0.05) is 36.9 Å². The summed E-state index contributed by atoms with van der Waals surface area (Å²) in [4.78, 5) is 65.4. The number of fused-ring (bicyclic) bond motifs is 4. The normalized spacial score (nSPS) is 11.3. The van der Waals surface area contributed by atoms with Crippen molar-refractivity contribution in [2.24, 2.45) is 0 Å². The Morgan fingerprint density at radius 3 is 1.68 bits per heavy atom. The minimum absolute atomic E-state index is 0.245. The Morgan fingerprint density at radius 1 is 0.589 bits per heavy atom. The van der Waals surface area contributed by atoms with Crippen LogP contribution in [0.5, 0.6) is 11.5 Å². The number of ether oxygens (including phenoxy) is 2. The molecule has 2 aromatic carbocycles. The molecule has 0 atom stereocenters. The number of aromatic nitrogens is 14. The number of rotatable bonds is 8. The molecule has 0 amide bonds. The lowest BCUT2D eigenvalue weighted by Gasteiger charge is -2.06. The van der Waals surface area contributed by atoms with Gasteiger partial charge in [-0.05, 0) is 47.5 Å². The van der Waals surface area contributed by atoms with Crippen LogP contribution in [0.3, 0.4) is 0 Å². The second-order valence-corrected chi connectivity index (χ2v) is 12.5. The number of hydrogen-bond donors (Lipinski definition) is 2. The Bertz CT molecular complexity index is 3130. The van der Waals surface area contributed by atoms with Gasteiger partial charge in [-0.1, -0.05) is 12.1 Å². The lowest BCUT2D eigenvalue weighted by molar-refractivity contribution is 0.415. The third-order valence-corrected chi connectivity index (χ3v) is 9.06. The summed E-state index contributed by atoms with van der Waals surface area (Å²) in [6.07, 6.45) is 13.4. The van der Waals surface area contributed by atoms with E-state index in [1.807, 2.05) is 60.7 Å². The SMILES string of the molecule is COc1ccc2c(c1)ncn2-c1ncc2[nH]c(=O)n(Cc3cccnc3)c2n1.COc1ccc2ncn(-c3ncc4[nH]c(=O)n(Cc5cccnc5)c4n3)c2c1. The lowest BCUT2D eigenvalue weighted by atomic mass is 10.3.